The van der Waals surface area contributed by atoms with Gasteiger partial charge >= 0.3 is 0 Å². The van der Waals surface area contributed by atoms with Gasteiger partial charge in [0.1, 0.15) is 11.3 Å². The Morgan fingerprint density at radius 1 is 1.12 bits per heavy atom. The van der Waals surface area contributed by atoms with Crippen molar-refractivity contribution in [2.75, 3.05) is 13.2 Å². The third kappa shape index (κ3) is 3.42. The molecule has 1 aliphatic heterocycles. The highest BCUT2D eigenvalue weighted by atomic mass is 16.5. The largest absolute Gasteiger partial charge is 0.477 e. The number of nitrogens with zero attached hydrogens (tertiary/aromatic N) is 4. The van der Waals surface area contributed by atoms with E-state index in [-0.39, 0.29) is 12.0 Å². The van der Waals surface area contributed by atoms with E-state index in [1.165, 1.54) is 6.42 Å². The van der Waals surface area contributed by atoms with E-state index in [1.54, 1.807) is 10.7 Å². The fourth-order valence-electron chi connectivity index (χ4n) is 4.82. The number of para-hydroxylation sites is 1. The Labute approximate surface area is 186 Å². The van der Waals surface area contributed by atoms with Crippen LogP contribution >= 0.6 is 0 Å². The Balaban J connectivity index is 1.16. The standard InChI is InChI=1S/C25H26N4O3/c30-25(17-6-3-7-17)28-13-4-8-19(28)12-14-31-24-11-10-23-26-16-20(29(23)27-24)22-15-18-5-1-2-9-21(18)32-22/h1-2,5,9-11,15-17,19H,3-4,6-8,12-14H2. The molecule has 1 aliphatic carbocycles. The SMILES string of the molecule is O=C(C1CCC1)N1CCCC1CCOc1ccc2ncc(-c3cc4ccccc4o3)n2n1. The van der Waals surface area contributed by atoms with Crippen molar-refractivity contribution in [1.29, 1.82) is 0 Å². The van der Waals surface area contributed by atoms with E-state index in [1.807, 2.05) is 42.5 Å². The van der Waals surface area contributed by atoms with Crippen molar-refractivity contribution in [1.82, 2.24) is 19.5 Å². The molecule has 0 bridgehead atoms. The molecule has 1 amide bonds. The lowest BCUT2D eigenvalue weighted by Gasteiger charge is -2.32. The lowest BCUT2D eigenvalue weighted by atomic mass is 9.84. The van der Waals surface area contributed by atoms with Crippen molar-refractivity contribution in [3.8, 4) is 17.3 Å². The Morgan fingerprint density at radius 2 is 2.03 bits per heavy atom. The number of imidazole rings is 1. The minimum atomic E-state index is 0.263. The van der Waals surface area contributed by atoms with Crippen molar-refractivity contribution < 1.29 is 13.9 Å². The van der Waals surface area contributed by atoms with Gasteiger partial charge in [-0.25, -0.2) is 9.50 Å². The molecule has 1 aromatic carbocycles. The Bertz CT molecular complexity index is 1240. The van der Waals surface area contributed by atoms with Gasteiger partial charge in [0.05, 0.1) is 12.8 Å². The first-order chi connectivity index (χ1) is 15.8. The molecule has 1 saturated heterocycles. The van der Waals surface area contributed by atoms with Gasteiger partial charge in [0.25, 0.3) is 0 Å². The number of carbonyl (C=O) groups excluding carboxylic acids is 1. The zero-order valence-electron chi connectivity index (χ0n) is 17.9. The topological polar surface area (TPSA) is 72.9 Å². The van der Waals surface area contributed by atoms with Crippen LogP contribution in [0.5, 0.6) is 5.88 Å². The molecule has 0 spiro atoms. The maximum atomic E-state index is 12.7. The Morgan fingerprint density at radius 3 is 2.88 bits per heavy atom. The molecule has 4 aromatic rings. The highest BCUT2D eigenvalue weighted by molar-refractivity contribution is 5.82. The van der Waals surface area contributed by atoms with Crippen LogP contribution in [-0.2, 0) is 4.79 Å². The molecule has 1 unspecified atom stereocenters. The normalized spacial score (nSPS) is 19.0. The van der Waals surface area contributed by atoms with Crippen LogP contribution in [0, 0.1) is 5.92 Å². The van der Waals surface area contributed by atoms with E-state index in [9.17, 15) is 4.79 Å². The van der Waals surface area contributed by atoms with Crippen LogP contribution < -0.4 is 4.74 Å². The fourth-order valence-corrected chi connectivity index (χ4v) is 4.82. The predicted molar refractivity (Wildman–Crippen MR) is 120 cm³/mol. The number of hydrogen-bond donors (Lipinski definition) is 0. The van der Waals surface area contributed by atoms with E-state index in [0.717, 1.165) is 66.7 Å². The van der Waals surface area contributed by atoms with Gasteiger partial charge in [-0.05, 0) is 43.9 Å². The first kappa shape index (κ1) is 19.3. The molecule has 0 N–H and O–H groups in total. The van der Waals surface area contributed by atoms with Gasteiger partial charge in [-0.15, -0.1) is 5.10 Å². The van der Waals surface area contributed by atoms with Gasteiger partial charge in [0.2, 0.25) is 11.8 Å². The monoisotopic (exact) mass is 430 g/mol. The number of fused-ring (bicyclic) bond motifs is 2. The summed E-state index contributed by atoms with van der Waals surface area (Å²) in [6.45, 7) is 1.42. The maximum Gasteiger partial charge on any atom is 0.231 e. The molecule has 4 heterocycles. The lowest BCUT2D eigenvalue weighted by molar-refractivity contribution is -0.139. The first-order valence-corrected chi connectivity index (χ1v) is 11.5. The van der Waals surface area contributed by atoms with Crippen LogP contribution in [0.15, 0.2) is 53.1 Å². The molecule has 1 atom stereocenters. The molecular weight excluding hydrogens is 404 g/mol. The average molecular weight is 431 g/mol. The summed E-state index contributed by atoms with van der Waals surface area (Å²) >= 11 is 0. The van der Waals surface area contributed by atoms with Crippen molar-refractivity contribution in [3.05, 3.63) is 48.7 Å². The summed E-state index contributed by atoms with van der Waals surface area (Å²) in [5.74, 6) is 1.88. The summed E-state index contributed by atoms with van der Waals surface area (Å²) in [4.78, 5) is 19.2. The second kappa shape index (κ2) is 7.97. The zero-order chi connectivity index (χ0) is 21.5. The van der Waals surface area contributed by atoms with Crippen LogP contribution in [0.3, 0.4) is 0 Å². The number of carbonyl (C=O) groups is 1. The van der Waals surface area contributed by atoms with E-state index in [2.05, 4.69) is 15.0 Å². The van der Waals surface area contributed by atoms with Crippen LogP contribution in [0.25, 0.3) is 28.1 Å². The Kier molecular flexibility index (Phi) is 4.82. The number of likely N-dealkylation sites (tertiary alicyclic amines) is 1. The summed E-state index contributed by atoms with van der Waals surface area (Å²) in [5, 5.41) is 5.69. The van der Waals surface area contributed by atoms with Crippen molar-refractivity contribution in [3.63, 3.8) is 0 Å². The third-order valence-corrected chi connectivity index (χ3v) is 6.83. The smallest absolute Gasteiger partial charge is 0.231 e. The first-order valence-electron chi connectivity index (χ1n) is 11.5. The second-order valence-corrected chi connectivity index (χ2v) is 8.83. The van der Waals surface area contributed by atoms with Crippen molar-refractivity contribution in [2.45, 2.75) is 44.6 Å². The van der Waals surface area contributed by atoms with E-state index < -0.39 is 0 Å². The van der Waals surface area contributed by atoms with Gasteiger partial charge < -0.3 is 14.1 Å². The Hall–Kier alpha value is -3.35. The third-order valence-electron chi connectivity index (χ3n) is 6.83. The van der Waals surface area contributed by atoms with Crippen LogP contribution in [-0.4, -0.2) is 44.6 Å². The summed E-state index contributed by atoms with van der Waals surface area (Å²) in [6, 6.07) is 14.0. The number of hydrogen-bond acceptors (Lipinski definition) is 5. The van der Waals surface area contributed by atoms with Crippen LogP contribution in [0.4, 0.5) is 0 Å². The van der Waals surface area contributed by atoms with Gasteiger partial charge in [-0.1, -0.05) is 24.6 Å². The maximum absolute atomic E-state index is 12.7. The average Bonchev–Trinajstić information content (AvgIpc) is 3.49. The molecule has 7 nitrogen and oxygen atoms in total. The quantitative estimate of drug-likeness (QED) is 0.443. The molecule has 2 fully saturated rings. The van der Waals surface area contributed by atoms with E-state index in [0.29, 0.717) is 18.4 Å². The number of rotatable bonds is 6. The molecule has 7 heteroatoms. The number of aromatic nitrogens is 3. The fraction of sp³-hybridized carbons (Fsp3) is 0.400. The van der Waals surface area contributed by atoms with Crippen molar-refractivity contribution >= 4 is 22.5 Å². The molecule has 3 aromatic heterocycles. The van der Waals surface area contributed by atoms with Crippen LogP contribution in [0.1, 0.15) is 38.5 Å². The van der Waals surface area contributed by atoms with E-state index >= 15 is 0 Å². The lowest BCUT2D eigenvalue weighted by Crippen LogP contribution is -2.42. The molecule has 164 valence electrons. The second-order valence-electron chi connectivity index (χ2n) is 8.83. The number of benzene rings is 1. The van der Waals surface area contributed by atoms with Gasteiger partial charge in [0.15, 0.2) is 11.4 Å². The highest BCUT2D eigenvalue weighted by Crippen LogP contribution is 2.32. The minimum Gasteiger partial charge on any atom is -0.477 e. The zero-order valence-corrected chi connectivity index (χ0v) is 17.9. The summed E-state index contributed by atoms with van der Waals surface area (Å²) < 4.78 is 13.8. The summed E-state index contributed by atoms with van der Waals surface area (Å²) in [7, 11) is 0. The van der Waals surface area contributed by atoms with Gasteiger partial charge in [0, 0.05) is 36.4 Å². The molecule has 2 aliphatic rings. The molecule has 1 saturated carbocycles. The van der Waals surface area contributed by atoms with Gasteiger partial charge in [-0.3, -0.25) is 4.79 Å². The highest BCUT2D eigenvalue weighted by Gasteiger charge is 2.35. The molecule has 32 heavy (non-hydrogen) atoms. The number of amides is 1. The van der Waals surface area contributed by atoms with E-state index in [4.69, 9.17) is 9.15 Å². The molecular formula is C25H26N4O3. The predicted octanol–water partition coefficient (Wildman–Crippen LogP) is 4.70. The van der Waals surface area contributed by atoms with Gasteiger partial charge in [-0.2, -0.15) is 0 Å². The number of ether oxygens (including phenoxy) is 1. The summed E-state index contributed by atoms with van der Waals surface area (Å²) in [6.07, 6.45) is 8.05. The molecule has 0 radical (unpaired) electrons. The minimum absolute atomic E-state index is 0.263. The summed E-state index contributed by atoms with van der Waals surface area (Å²) in [5.41, 5.74) is 2.36. The number of furan rings is 1. The van der Waals surface area contributed by atoms with Crippen molar-refractivity contribution in [2.24, 2.45) is 5.92 Å². The molecule has 6 rings (SSSR count). The van der Waals surface area contributed by atoms with Crippen LogP contribution in [0.2, 0.25) is 0 Å².